The van der Waals surface area contributed by atoms with Crippen molar-refractivity contribution >= 4 is 17.5 Å². The van der Waals surface area contributed by atoms with E-state index < -0.39 is 16.6 Å². The van der Waals surface area contributed by atoms with Gasteiger partial charge in [0.05, 0.1) is 4.92 Å². The molecule has 0 heterocycles. The molecule has 1 aromatic rings. The van der Waals surface area contributed by atoms with Crippen LogP contribution in [0.25, 0.3) is 0 Å². The number of hydrogen-bond acceptors (Lipinski definition) is 4. The van der Waals surface area contributed by atoms with E-state index in [-0.39, 0.29) is 11.7 Å². The van der Waals surface area contributed by atoms with Gasteiger partial charge in [-0.15, -0.1) is 0 Å². The minimum Gasteiger partial charge on any atom is -0.443 e. The Morgan fingerprint density at radius 2 is 1.85 bits per heavy atom. The Balaban J connectivity index is 2.20. The lowest BCUT2D eigenvalue weighted by atomic mass is 10.2. The SMILES string of the molecule is CC(C)(C)OC(=O)N(c1ccc([N+](=O)[O-])cc1)C1CC1. The number of non-ortho nitro benzene ring substituents is 1. The van der Waals surface area contributed by atoms with E-state index in [1.165, 1.54) is 12.1 Å². The zero-order valence-electron chi connectivity index (χ0n) is 11.8. The fourth-order valence-electron chi connectivity index (χ4n) is 1.84. The molecule has 2 rings (SSSR count). The number of amides is 1. The molecule has 1 saturated carbocycles. The summed E-state index contributed by atoms with van der Waals surface area (Å²) in [6.45, 7) is 5.43. The molecule has 6 nitrogen and oxygen atoms in total. The average molecular weight is 278 g/mol. The quantitative estimate of drug-likeness (QED) is 0.626. The lowest BCUT2D eigenvalue weighted by molar-refractivity contribution is -0.384. The molecule has 1 aromatic carbocycles. The Hall–Kier alpha value is -2.11. The van der Waals surface area contributed by atoms with Gasteiger partial charge in [-0.05, 0) is 45.7 Å². The lowest BCUT2D eigenvalue weighted by Gasteiger charge is -2.27. The highest BCUT2D eigenvalue weighted by Crippen LogP contribution is 2.33. The lowest BCUT2D eigenvalue weighted by Crippen LogP contribution is -2.38. The number of carbonyl (C=O) groups excluding carboxylic acids is 1. The number of nitrogens with zero attached hydrogens (tertiary/aromatic N) is 2. The molecule has 1 aliphatic carbocycles. The highest BCUT2D eigenvalue weighted by molar-refractivity contribution is 5.89. The minimum absolute atomic E-state index is 0.00804. The summed E-state index contributed by atoms with van der Waals surface area (Å²) in [6, 6.07) is 6.09. The van der Waals surface area contributed by atoms with E-state index in [9.17, 15) is 14.9 Å². The molecule has 108 valence electrons. The van der Waals surface area contributed by atoms with Gasteiger partial charge in [0.2, 0.25) is 0 Å². The van der Waals surface area contributed by atoms with Crippen molar-refractivity contribution in [2.24, 2.45) is 0 Å². The van der Waals surface area contributed by atoms with E-state index in [4.69, 9.17) is 4.74 Å². The van der Waals surface area contributed by atoms with Gasteiger partial charge in [-0.25, -0.2) is 4.79 Å². The highest BCUT2D eigenvalue weighted by atomic mass is 16.6. The van der Waals surface area contributed by atoms with Crippen LogP contribution >= 0.6 is 0 Å². The van der Waals surface area contributed by atoms with Crippen LogP contribution in [0.1, 0.15) is 33.6 Å². The second kappa shape index (κ2) is 5.11. The van der Waals surface area contributed by atoms with E-state index >= 15 is 0 Å². The summed E-state index contributed by atoms with van der Waals surface area (Å²) in [5.41, 5.74) is 0.0754. The largest absolute Gasteiger partial charge is 0.443 e. The molecule has 0 unspecified atom stereocenters. The van der Waals surface area contributed by atoms with Crippen LogP contribution in [0.4, 0.5) is 16.2 Å². The van der Waals surface area contributed by atoms with Gasteiger partial charge in [-0.3, -0.25) is 15.0 Å². The number of ether oxygens (including phenoxy) is 1. The summed E-state index contributed by atoms with van der Waals surface area (Å²) in [7, 11) is 0. The van der Waals surface area contributed by atoms with Crippen molar-refractivity contribution in [1.29, 1.82) is 0 Å². The molecule has 6 heteroatoms. The second-order valence-corrected chi connectivity index (χ2v) is 5.86. The van der Waals surface area contributed by atoms with Crippen LogP contribution in [0.2, 0.25) is 0 Å². The van der Waals surface area contributed by atoms with Gasteiger partial charge < -0.3 is 4.74 Å². The van der Waals surface area contributed by atoms with Crippen LogP contribution in [0.15, 0.2) is 24.3 Å². The molecule has 1 aliphatic rings. The molecule has 0 atom stereocenters. The summed E-state index contributed by atoms with van der Waals surface area (Å²) in [5.74, 6) is 0. The Morgan fingerprint density at radius 3 is 2.25 bits per heavy atom. The molecule has 0 saturated heterocycles. The van der Waals surface area contributed by atoms with Crippen LogP contribution in [0, 0.1) is 10.1 Å². The number of rotatable bonds is 3. The summed E-state index contributed by atoms with van der Waals surface area (Å²) in [5, 5.41) is 10.7. The van der Waals surface area contributed by atoms with E-state index in [0.29, 0.717) is 5.69 Å². The molecule has 0 bridgehead atoms. The summed E-state index contributed by atoms with van der Waals surface area (Å²) >= 11 is 0. The molecular formula is C14H18N2O4. The minimum atomic E-state index is -0.564. The van der Waals surface area contributed by atoms with Crippen molar-refractivity contribution in [3.05, 3.63) is 34.4 Å². The van der Waals surface area contributed by atoms with E-state index in [1.54, 1.807) is 17.0 Å². The predicted octanol–water partition coefficient (Wildman–Crippen LogP) is 3.50. The normalized spacial score (nSPS) is 14.8. The fourth-order valence-corrected chi connectivity index (χ4v) is 1.84. The molecule has 0 spiro atoms. The van der Waals surface area contributed by atoms with Gasteiger partial charge >= 0.3 is 6.09 Å². The smallest absolute Gasteiger partial charge is 0.415 e. The number of carbonyl (C=O) groups is 1. The molecule has 0 radical (unpaired) electrons. The summed E-state index contributed by atoms with van der Waals surface area (Å²) in [6.07, 6.45) is 1.45. The second-order valence-electron chi connectivity index (χ2n) is 5.86. The van der Waals surface area contributed by atoms with Crippen LogP contribution in [0.3, 0.4) is 0 Å². The van der Waals surface area contributed by atoms with Gasteiger partial charge in [-0.2, -0.15) is 0 Å². The standard InChI is InChI=1S/C14H18N2O4/c1-14(2,3)20-13(17)15(10-4-5-10)11-6-8-12(9-7-11)16(18)19/h6-10H,4-5H2,1-3H3. The Kier molecular flexibility index (Phi) is 3.65. The number of nitro groups is 1. The third-order valence-electron chi connectivity index (χ3n) is 2.84. The van der Waals surface area contributed by atoms with Crippen LogP contribution < -0.4 is 4.90 Å². The molecule has 1 amide bonds. The van der Waals surface area contributed by atoms with Crippen molar-refractivity contribution in [2.45, 2.75) is 45.3 Å². The van der Waals surface area contributed by atoms with Gasteiger partial charge in [-0.1, -0.05) is 0 Å². The Labute approximate surface area is 117 Å². The van der Waals surface area contributed by atoms with Crippen molar-refractivity contribution in [3.63, 3.8) is 0 Å². The maximum atomic E-state index is 12.2. The molecule has 0 N–H and O–H groups in total. The Bertz CT molecular complexity index is 515. The summed E-state index contributed by atoms with van der Waals surface area (Å²) in [4.78, 5) is 24.0. The van der Waals surface area contributed by atoms with Crippen molar-refractivity contribution < 1.29 is 14.5 Å². The molecule has 1 fully saturated rings. The van der Waals surface area contributed by atoms with Crippen LogP contribution in [0.5, 0.6) is 0 Å². The average Bonchev–Trinajstić information content (AvgIpc) is 3.12. The zero-order valence-corrected chi connectivity index (χ0v) is 11.8. The number of hydrogen-bond donors (Lipinski definition) is 0. The molecular weight excluding hydrogens is 260 g/mol. The van der Waals surface area contributed by atoms with E-state index in [1.807, 2.05) is 20.8 Å². The van der Waals surface area contributed by atoms with E-state index in [2.05, 4.69) is 0 Å². The first-order valence-electron chi connectivity index (χ1n) is 6.54. The predicted molar refractivity (Wildman–Crippen MR) is 74.8 cm³/mol. The zero-order chi connectivity index (χ0) is 14.9. The number of benzene rings is 1. The van der Waals surface area contributed by atoms with Gasteiger partial charge in [0, 0.05) is 23.9 Å². The summed E-state index contributed by atoms with van der Waals surface area (Å²) < 4.78 is 5.39. The fraction of sp³-hybridized carbons (Fsp3) is 0.500. The maximum absolute atomic E-state index is 12.2. The topological polar surface area (TPSA) is 72.7 Å². The number of anilines is 1. The Morgan fingerprint density at radius 1 is 1.30 bits per heavy atom. The maximum Gasteiger partial charge on any atom is 0.415 e. The molecule has 0 aromatic heterocycles. The first kappa shape index (κ1) is 14.3. The third kappa shape index (κ3) is 3.46. The van der Waals surface area contributed by atoms with Gasteiger partial charge in [0.1, 0.15) is 5.60 Å². The van der Waals surface area contributed by atoms with Gasteiger partial charge in [0.15, 0.2) is 0 Å². The van der Waals surface area contributed by atoms with Crippen LogP contribution in [-0.2, 0) is 4.74 Å². The van der Waals surface area contributed by atoms with Crippen LogP contribution in [-0.4, -0.2) is 22.7 Å². The number of nitro benzene ring substituents is 1. The molecule has 0 aliphatic heterocycles. The first-order chi connectivity index (χ1) is 9.28. The molecule has 20 heavy (non-hydrogen) atoms. The third-order valence-corrected chi connectivity index (χ3v) is 2.84. The highest BCUT2D eigenvalue weighted by Gasteiger charge is 2.36. The van der Waals surface area contributed by atoms with Crippen molar-refractivity contribution in [2.75, 3.05) is 4.90 Å². The first-order valence-corrected chi connectivity index (χ1v) is 6.54. The van der Waals surface area contributed by atoms with Crippen molar-refractivity contribution in [1.82, 2.24) is 0 Å². The van der Waals surface area contributed by atoms with Crippen molar-refractivity contribution in [3.8, 4) is 0 Å². The van der Waals surface area contributed by atoms with E-state index in [0.717, 1.165) is 12.8 Å². The van der Waals surface area contributed by atoms with Gasteiger partial charge in [0.25, 0.3) is 5.69 Å². The monoisotopic (exact) mass is 278 g/mol.